The molecule has 0 aliphatic carbocycles. The topological polar surface area (TPSA) is 56.7 Å². The number of aliphatic hydroxyl groups excluding tert-OH is 1. The smallest absolute Gasteiger partial charge is 0.191 e. The zero-order valence-electron chi connectivity index (χ0n) is 11.9. The van der Waals surface area contributed by atoms with E-state index in [0.29, 0.717) is 13.1 Å². The second-order valence-corrected chi connectivity index (χ2v) is 4.58. The van der Waals surface area contributed by atoms with Crippen LogP contribution >= 0.6 is 0 Å². The van der Waals surface area contributed by atoms with Crippen LogP contribution in [0, 0.1) is 6.92 Å². The maximum Gasteiger partial charge on any atom is 0.191 e. The van der Waals surface area contributed by atoms with Crippen molar-refractivity contribution in [2.24, 2.45) is 4.99 Å². The van der Waals surface area contributed by atoms with Crippen molar-refractivity contribution in [3.05, 3.63) is 35.4 Å². The molecule has 0 saturated heterocycles. The predicted octanol–water partition coefficient (Wildman–Crippen LogP) is 1.82. The summed E-state index contributed by atoms with van der Waals surface area (Å²) in [6.45, 7) is 6.42. The number of guanidine groups is 1. The zero-order chi connectivity index (χ0) is 13.9. The summed E-state index contributed by atoms with van der Waals surface area (Å²) >= 11 is 0. The van der Waals surface area contributed by atoms with E-state index >= 15 is 0 Å². The zero-order valence-corrected chi connectivity index (χ0v) is 11.9. The molecule has 0 unspecified atom stereocenters. The van der Waals surface area contributed by atoms with Gasteiger partial charge in [0.15, 0.2) is 5.96 Å². The molecule has 1 aromatic rings. The van der Waals surface area contributed by atoms with Gasteiger partial charge in [0.1, 0.15) is 0 Å². The number of aliphatic imine (C=N–C) groups is 1. The molecule has 19 heavy (non-hydrogen) atoms. The number of hydrogen-bond acceptors (Lipinski definition) is 2. The molecular weight excluding hydrogens is 238 g/mol. The Hall–Kier alpha value is -1.55. The molecule has 0 aliphatic heterocycles. The summed E-state index contributed by atoms with van der Waals surface area (Å²) in [6.07, 6.45) is 2.27. The predicted molar refractivity (Wildman–Crippen MR) is 80.3 cm³/mol. The summed E-state index contributed by atoms with van der Waals surface area (Å²) < 4.78 is 0. The van der Waals surface area contributed by atoms with Crippen molar-refractivity contribution < 1.29 is 5.11 Å². The Morgan fingerprint density at radius 1 is 1.16 bits per heavy atom. The van der Waals surface area contributed by atoms with Crippen LogP contribution in [-0.4, -0.2) is 30.8 Å². The van der Waals surface area contributed by atoms with Crippen molar-refractivity contribution in [1.29, 1.82) is 0 Å². The number of aryl methyl sites for hydroxylation is 1. The maximum absolute atomic E-state index is 8.86. The fourth-order valence-corrected chi connectivity index (χ4v) is 1.60. The standard InChI is InChI=1S/C15H25N3O/c1-3-4-9-16-15(17-10-11-19)18-12-14-7-5-13(2)6-8-14/h5-8,19H,3-4,9-12H2,1-2H3,(H2,16,17,18). The van der Waals surface area contributed by atoms with Crippen molar-refractivity contribution in [2.75, 3.05) is 19.7 Å². The maximum atomic E-state index is 8.86. The Bertz CT molecular complexity index is 373. The molecule has 106 valence electrons. The van der Waals surface area contributed by atoms with Gasteiger partial charge in [0.25, 0.3) is 0 Å². The van der Waals surface area contributed by atoms with Gasteiger partial charge in [0.05, 0.1) is 13.2 Å². The molecule has 1 aromatic carbocycles. The molecule has 0 bridgehead atoms. The molecule has 0 aromatic heterocycles. The molecule has 4 heteroatoms. The Morgan fingerprint density at radius 3 is 2.47 bits per heavy atom. The first kappa shape index (κ1) is 15.5. The first-order valence-corrected chi connectivity index (χ1v) is 6.95. The van der Waals surface area contributed by atoms with E-state index in [1.807, 2.05) is 0 Å². The first-order chi connectivity index (χ1) is 9.26. The van der Waals surface area contributed by atoms with Crippen LogP contribution in [0.2, 0.25) is 0 Å². The lowest BCUT2D eigenvalue weighted by Crippen LogP contribution is -2.39. The lowest BCUT2D eigenvalue weighted by atomic mass is 10.1. The number of nitrogens with zero attached hydrogens (tertiary/aromatic N) is 1. The van der Waals surface area contributed by atoms with Gasteiger partial charge in [-0.1, -0.05) is 43.2 Å². The number of hydrogen-bond donors (Lipinski definition) is 3. The van der Waals surface area contributed by atoms with Crippen LogP contribution < -0.4 is 10.6 Å². The second-order valence-electron chi connectivity index (χ2n) is 4.58. The average Bonchev–Trinajstić information content (AvgIpc) is 2.43. The highest BCUT2D eigenvalue weighted by Crippen LogP contribution is 2.04. The van der Waals surface area contributed by atoms with Gasteiger partial charge in [-0.2, -0.15) is 0 Å². The van der Waals surface area contributed by atoms with Gasteiger partial charge >= 0.3 is 0 Å². The molecule has 0 aliphatic rings. The van der Waals surface area contributed by atoms with E-state index in [4.69, 9.17) is 5.11 Å². The molecular formula is C15H25N3O. The lowest BCUT2D eigenvalue weighted by molar-refractivity contribution is 0.300. The van der Waals surface area contributed by atoms with Gasteiger partial charge in [-0.05, 0) is 18.9 Å². The lowest BCUT2D eigenvalue weighted by Gasteiger charge is -2.11. The second kappa shape index (κ2) is 9.39. The summed E-state index contributed by atoms with van der Waals surface area (Å²) in [6, 6.07) is 8.37. The van der Waals surface area contributed by atoms with Crippen molar-refractivity contribution >= 4 is 5.96 Å². The van der Waals surface area contributed by atoms with Crippen molar-refractivity contribution in [3.8, 4) is 0 Å². The minimum Gasteiger partial charge on any atom is -0.395 e. The highest BCUT2D eigenvalue weighted by molar-refractivity contribution is 5.79. The van der Waals surface area contributed by atoms with Crippen molar-refractivity contribution in [2.45, 2.75) is 33.2 Å². The minimum absolute atomic E-state index is 0.110. The number of unbranched alkanes of at least 4 members (excludes halogenated alkanes) is 1. The molecule has 1 rings (SSSR count). The molecule has 0 fully saturated rings. The third-order valence-electron chi connectivity index (χ3n) is 2.77. The van der Waals surface area contributed by atoms with Crippen molar-refractivity contribution in [1.82, 2.24) is 10.6 Å². The molecule has 0 atom stereocenters. The third-order valence-corrected chi connectivity index (χ3v) is 2.77. The normalized spacial score (nSPS) is 11.4. The van der Waals surface area contributed by atoms with Gasteiger partial charge in [-0.25, -0.2) is 4.99 Å². The quantitative estimate of drug-likeness (QED) is 0.399. The Kier molecular flexibility index (Phi) is 7.66. The average molecular weight is 263 g/mol. The Balaban J connectivity index is 2.51. The fourth-order valence-electron chi connectivity index (χ4n) is 1.60. The molecule has 3 N–H and O–H groups in total. The van der Waals surface area contributed by atoms with E-state index < -0.39 is 0 Å². The number of aliphatic hydroxyl groups is 1. The SMILES string of the molecule is CCCCNC(=NCc1ccc(C)cc1)NCCO. The number of benzene rings is 1. The van der Waals surface area contributed by atoms with Crippen LogP contribution in [0.5, 0.6) is 0 Å². The summed E-state index contributed by atoms with van der Waals surface area (Å²) in [4.78, 5) is 4.52. The number of nitrogens with one attached hydrogen (secondary N) is 2. The van der Waals surface area contributed by atoms with Gasteiger partial charge < -0.3 is 15.7 Å². The highest BCUT2D eigenvalue weighted by atomic mass is 16.3. The first-order valence-electron chi connectivity index (χ1n) is 6.95. The van der Waals surface area contributed by atoms with Crippen molar-refractivity contribution in [3.63, 3.8) is 0 Å². The van der Waals surface area contributed by atoms with Crippen LogP contribution in [0.3, 0.4) is 0 Å². The van der Waals surface area contributed by atoms with Crippen LogP contribution in [0.15, 0.2) is 29.3 Å². The van der Waals surface area contributed by atoms with E-state index in [1.165, 1.54) is 11.1 Å². The van der Waals surface area contributed by atoms with E-state index in [9.17, 15) is 0 Å². The van der Waals surface area contributed by atoms with Gasteiger partial charge in [0, 0.05) is 13.1 Å². The summed E-state index contributed by atoms with van der Waals surface area (Å²) in [5, 5.41) is 15.2. The monoisotopic (exact) mass is 263 g/mol. The molecule has 0 heterocycles. The molecule has 0 amide bonds. The van der Waals surface area contributed by atoms with Crippen LogP contribution in [0.25, 0.3) is 0 Å². The minimum atomic E-state index is 0.110. The Morgan fingerprint density at radius 2 is 1.84 bits per heavy atom. The van der Waals surface area contributed by atoms with E-state index in [1.54, 1.807) is 0 Å². The summed E-state index contributed by atoms with van der Waals surface area (Å²) in [5.41, 5.74) is 2.44. The Labute approximate surface area is 116 Å². The third kappa shape index (κ3) is 6.82. The largest absolute Gasteiger partial charge is 0.395 e. The summed E-state index contributed by atoms with van der Waals surface area (Å²) in [7, 11) is 0. The van der Waals surface area contributed by atoms with Gasteiger partial charge in [-0.3, -0.25) is 0 Å². The van der Waals surface area contributed by atoms with Crippen LogP contribution in [0.1, 0.15) is 30.9 Å². The van der Waals surface area contributed by atoms with E-state index in [-0.39, 0.29) is 6.61 Å². The fraction of sp³-hybridized carbons (Fsp3) is 0.533. The number of rotatable bonds is 7. The van der Waals surface area contributed by atoms with E-state index in [0.717, 1.165) is 25.3 Å². The molecule has 0 saturated carbocycles. The van der Waals surface area contributed by atoms with E-state index in [2.05, 4.69) is 53.7 Å². The molecule has 0 radical (unpaired) electrons. The summed E-state index contributed by atoms with van der Waals surface area (Å²) in [5.74, 6) is 0.767. The van der Waals surface area contributed by atoms with Gasteiger partial charge in [0.2, 0.25) is 0 Å². The van der Waals surface area contributed by atoms with Crippen LogP contribution in [-0.2, 0) is 6.54 Å². The van der Waals surface area contributed by atoms with Gasteiger partial charge in [-0.15, -0.1) is 0 Å². The molecule has 4 nitrogen and oxygen atoms in total. The molecule has 0 spiro atoms. The van der Waals surface area contributed by atoms with Crippen LogP contribution in [0.4, 0.5) is 0 Å². The highest BCUT2D eigenvalue weighted by Gasteiger charge is 1.97.